The molecular formula is C12H15NO5. The molecule has 0 aliphatic rings. The van der Waals surface area contributed by atoms with E-state index in [0.29, 0.717) is 16.7 Å². The number of aliphatic hydroxyl groups is 1. The van der Waals surface area contributed by atoms with Gasteiger partial charge in [-0.2, -0.15) is 0 Å². The first-order valence-corrected chi connectivity index (χ1v) is 5.48. The Labute approximate surface area is 103 Å². The predicted octanol–water partition coefficient (Wildman–Crippen LogP) is 0.706. The summed E-state index contributed by atoms with van der Waals surface area (Å²) in [5.74, 6) is -0.473. The average Bonchev–Trinajstić information content (AvgIpc) is 2.70. The quantitative estimate of drug-likeness (QED) is 0.794. The van der Waals surface area contributed by atoms with Crippen molar-refractivity contribution < 1.29 is 19.0 Å². The first-order chi connectivity index (χ1) is 8.69. The zero-order chi connectivity index (χ0) is 13.1. The molecule has 1 aromatic carbocycles. The van der Waals surface area contributed by atoms with Crippen molar-refractivity contribution in [2.24, 2.45) is 0 Å². The monoisotopic (exact) mass is 253 g/mol. The minimum atomic E-state index is -0.527. The number of benzene rings is 1. The third-order valence-corrected chi connectivity index (χ3v) is 2.77. The first-order valence-electron chi connectivity index (χ1n) is 5.48. The molecule has 0 saturated heterocycles. The molecule has 0 aliphatic carbocycles. The maximum Gasteiger partial charge on any atom is 0.420 e. The predicted molar refractivity (Wildman–Crippen MR) is 64.2 cm³/mol. The van der Waals surface area contributed by atoms with Crippen LogP contribution in [-0.2, 0) is 22.6 Å². The standard InChI is InChI=1S/C12H15NO5/c1-16-11(17-2)6-13-9-5-8(7-14)3-4-10(9)18-12(13)15/h3-5,11,14H,6-7H2,1-2H3. The molecule has 6 heteroatoms. The molecular weight excluding hydrogens is 238 g/mol. The van der Waals surface area contributed by atoms with E-state index in [9.17, 15) is 4.79 Å². The van der Waals surface area contributed by atoms with E-state index >= 15 is 0 Å². The zero-order valence-electron chi connectivity index (χ0n) is 10.3. The van der Waals surface area contributed by atoms with Crippen LogP contribution in [-0.4, -0.2) is 30.2 Å². The lowest BCUT2D eigenvalue weighted by Gasteiger charge is -2.13. The van der Waals surface area contributed by atoms with Gasteiger partial charge in [0.2, 0.25) is 0 Å². The van der Waals surface area contributed by atoms with Gasteiger partial charge in [0.1, 0.15) is 0 Å². The molecule has 2 aromatic rings. The lowest BCUT2D eigenvalue weighted by atomic mass is 10.2. The van der Waals surface area contributed by atoms with Gasteiger partial charge in [0.15, 0.2) is 11.9 Å². The van der Waals surface area contributed by atoms with Gasteiger partial charge >= 0.3 is 5.76 Å². The van der Waals surface area contributed by atoms with Gasteiger partial charge in [0.05, 0.1) is 18.7 Å². The van der Waals surface area contributed by atoms with Crippen molar-refractivity contribution in [2.75, 3.05) is 14.2 Å². The van der Waals surface area contributed by atoms with Crippen LogP contribution in [0.5, 0.6) is 0 Å². The second-order valence-corrected chi connectivity index (χ2v) is 3.84. The molecule has 1 N–H and O–H groups in total. The van der Waals surface area contributed by atoms with Crippen LogP contribution >= 0.6 is 0 Å². The third-order valence-electron chi connectivity index (χ3n) is 2.77. The van der Waals surface area contributed by atoms with E-state index in [1.807, 2.05) is 0 Å². The lowest BCUT2D eigenvalue weighted by molar-refractivity contribution is -0.111. The van der Waals surface area contributed by atoms with Crippen LogP contribution in [0.1, 0.15) is 5.56 Å². The van der Waals surface area contributed by atoms with Crippen molar-refractivity contribution in [1.82, 2.24) is 4.57 Å². The molecule has 98 valence electrons. The van der Waals surface area contributed by atoms with Gasteiger partial charge in [-0.3, -0.25) is 4.57 Å². The molecule has 18 heavy (non-hydrogen) atoms. The van der Waals surface area contributed by atoms with Gasteiger partial charge in [-0.15, -0.1) is 0 Å². The van der Waals surface area contributed by atoms with E-state index in [2.05, 4.69) is 0 Å². The summed E-state index contributed by atoms with van der Waals surface area (Å²) >= 11 is 0. The second-order valence-electron chi connectivity index (χ2n) is 3.84. The van der Waals surface area contributed by atoms with Gasteiger partial charge in [-0.25, -0.2) is 4.79 Å². The maximum absolute atomic E-state index is 11.7. The summed E-state index contributed by atoms with van der Waals surface area (Å²) in [6.07, 6.45) is -0.527. The van der Waals surface area contributed by atoms with E-state index in [4.69, 9.17) is 19.0 Å². The molecule has 0 aliphatic heterocycles. The Hall–Kier alpha value is -1.63. The summed E-state index contributed by atoms with van der Waals surface area (Å²) in [7, 11) is 3.00. The molecule has 2 rings (SSSR count). The number of aromatic nitrogens is 1. The minimum Gasteiger partial charge on any atom is -0.408 e. The molecule has 1 aromatic heterocycles. The summed E-state index contributed by atoms with van der Waals surface area (Å²) < 4.78 is 16.6. The Bertz CT molecular complexity index is 582. The van der Waals surface area contributed by atoms with E-state index in [0.717, 1.165) is 0 Å². The van der Waals surface area contributed by atoms with Crippen LogP contribution < -0.4 is 5.76 Å². The molecule has 0 radical (unpaired) electrons. The summed E-state index contributed by atoms with van der Waals surface area (Å²) in [5, 5.41) is 9.10. The number of ether oxygens (including phenoxy) is 2. The molecule has 0 bridgehead atoms. The normalized spacial score (nSPS) is 11.6. The zero-order valence-corrected chi connectivity index (χ0v) is 10.3. The van der Waals surface area contributed by atoms with E-state index in [-0.39, 0.29) is 13.2 Å². The number of hydrogen-bond acceptors (Lipinski definition) is 5. The highest BCUT2D eigenvalue weighted by atomic mass is 16.7. The number of fused-ring (bicyclic) bond motifs is 1. The Morgan fingerprint density at radius 2 is 2.11 bits per heavy atom. The van der Waals surface area contributed by atoms with Crippen LogP contribution in [0.4, 0.5) is 0 Å². The summed E-state index contributed by atoms with van der Waals surface area (Å²) in [6.45, 7) is 0.140. The fraction of sp³-hybridized carbons (Fsp3) is 0.417. The van der Waals surface area contributed by atoms with E-state index in [1.54, 1.807) is 18.2 Å². The Morgan fingerprint density at radius 3 is 2.72 bits per heavy atom. The number of oxazole rings is 1. The molecule has 0 amide bonds. The van der Waals surface area contributed by atoms with Crippen molar-refractivity contribution in [3.8, 4) is 0 Å². The van der Waals surface area contributed by atoms with Crippen LogP contribution in [0.25, 0.3) is 11.1 Å². The lowest BCUT2D eigenvalue weighted by Crippen LogP contribution is -2.26. The average molecular weight is 253 g/mol. The van der Waals surface area contributed by atoms with Crippen LogP contribution in [0, 0.1) is 0 Å². The third kappa shape index (κ3) is 2.31. The molecule has 0 unspecified atom stereocenters. The molecule has 1 heterocycles. The highest BCUT2D eigenvalue weighted by Gasteiger charge is 2.14. The van der Waals surface area contributed by atoms with Gasteiger partial charge < -0.3 is 19.0 Å². The first kappa shape index (κ1) is 12.8. The van der Waals surface area contributed by atoms with E-state index < -0.39 is 12.0 Å². The SMILES string of the molecule is COC(Cn1c(=O)oc2ccc(CO)cc21)OC. The number of methoxy groups -OCH3 is 2. The molecule has 0 spiro atoms. The number of rotatable bonds is 5. The largest absolute Gasteiger partial charge is 0.420 e. The molecule has 0 saturated carbocycles. The van der Waals surface area contributed by atoms with Gasteiger partial charge in [-0.05, 0) is 17.7 Å². The summed E-state index contributed by atoms with van der Waals surface area (Å²) in [4.78, 5) is 11.7. The highest BCUT2D eigenvalue weighted by Crippen LogP contribution is 2.16. The second kappa shape index (κ2) is 5.34. The van der Waals surface area contributed by atoms with Crippen LogP contribution in [0.15, 0.2) is 27.4 Å². The van der Waals surface area contributed by atoms with Crippen molar-refractivity contribution in [2.45, 2.75) is 19.4 Å². The molecule has 0 fully saturated rings. The van der Waals surface area contributed by atoms with Crippen LogP contribution in [0.3, 0.4) is 0 Å². The van der Waals surface area contributed by atoms with Crippen LogP contribution in [0.2, 0.25) is 0 Å². The minimum absolute atomic E-state index is 0.0900. The highest BCUT2D eigenvalue weighted by molar-refractivity contribution is 5.73. The van der Waals surface area contributed by atoms with Crippen molar-refractivity contribution in [3.05, 3.63) is 34.3 Å². The number of hydrogen-bond donors (Lipinski definition) is 1. The van der Waals surface area contributed by atoms with Gasteiger partial charge in [-0.1, -0.05) is 6.07 Å². The van der Waals surface area contributed by atoms with Crippen molar-refractivity contribution in [1.29, 1.82) is 0 Å². The number of nitrogens with zero attached hydrogens (tertiary/aromatic N) is 1. The maximum atomic E-state index is 11.7. The molecule has 6 nitrogen and oxygen atoms in total. The topological polar surface area (TPSA) is 73.8 Å². The van der Waals surface area contributed by atoms with Gasteiger partial charge in [0, 0.05) is 14.2 Å². The summed E-state index contributed by atoms with van der Waals surface area (Å²) in [6, 6.07) is 5.08. The summed E-state index contributed by atoms with van der Waals surface area (Å²) in [5.41, 5.74) is 1.80. The fourth-order valence-corrected chi connectivity index (χ4v) is 1.77. The Balaban J connectivity index is 2.47. The van der Waals surface area contributed by atoms with Crippen molar-refractivity contribution in [3.63, 3.8) is 0 Å². The molecule has 0 atom stereocenters. The Kier molecular flexibility index (Phi) is 3.81. The van der Waals surface area contributed by atoms with Gasteiger partial charge in [0.25, 0.3) is 0 Å². The Morgan fingerprint density at radius 1 is 1.39 bits per heavy atom. The van der Waals surface area contributed by atoms with E-state index in [1.165, 1.54) is 18.8 Å². The fourth-order valence-electron chi connectivity index (χ4n) is 1.77. The number of aliphatic hydroxyl groups excluding tert-OH is 1. The van der Waals surface area contributed by atoms with Crippen molar-refractivity contribution >= 4 is 11.1 Å². The smallest absolute Gasteiger partial charge is 0.408 e.